The molecule has 2 atom stereocenters. The average molecular weight is 1160 g/mol. The minimum Gasteiger partial charge on any atom is -0.457 e. The van der Waals surface area contributed by atoms with Gasteiger partial charge in [0.1, 0.15) is 35.8 Å². The zero-order valence-electron chi connectivity index (χ0n) is 52.1. The van der Waals surface area contributed by atoms with E-state index in [0.717, 1.165) is 80.4 Å². The highest BCUT2D eigenvalue weighted by Crippen LogP contribution is 2.57. The molecular weight excluding hydrogens is 1080 g/mol. The van der Waals surface area contributed by atoms with Gasteiger partial charge in [0, 0.05) is 79.5 Å². The Bertz CT molecular complexity index is 4390. The average Bonchev–Trinajstić information content (AvgIpc) is 1.03. The number of aromatic nitrogens is 2. The first kappa shape index (κ1) is 57.1. The Morgan fingerprint density at radius 2 is 1.24 bits per heavy atom. The summed E-state index contributed by atoms with van der Waals surface area (Å²) in [5.74, 6) is 1.15. The monoisotopic (exact) mass is 1160 g/mol. The second-order valence-corrected chi connectivity index (χ2v) is 25.5. The van der Waals surface area contributed by atoms with Gasteiger partial charge in [0.25, 0.3) is 0 Å². The van der Waals surface area contributed by atoms with Gasteiger partial charge in [0.15, 0.2) is 17.9 Å². The lowest BCUT2D eigenvalue weighted by molar-refractivity contribution is -0.768. The van der Waals surface area contributed by atoms with E-state index in [1.807, 2.05) is 18.2 Å². The summed E-state index contributed by atoms with van der Waals surface area (Å²) in [6.07, 6.45) is 23.5. The molecule has 14 rings (SSSR count). The lowest BCUT2D eigenvalue weighted by Crippen LogP contribution is -2.69. The number of unbranched alkanes of at least 4 members (excludes halogenated alkanes) is 1. The fourth-order valence-corrected chi connectivity index (χ4v) is 16.3. The van der Waals surface area contributed by atoms with Crippen molar-refractivity contribution in [3.63, 3.8) is 0 Å². The Balaban J connectivity index is 0.786. The summed E-state index contributed by atoms with van der Waals surface area (Å²) < 4.78 is 11.9. The van der Waals surface area contributed by atoms with Crippen molar-refractivity contribution < 1.29 is 13.9 Å². The molecule has 7 aromatic carbocycles. The summed E-state index contributed by atoms with van der Waals surface area (Å²) in [5.41, 5.74) is 24.8. The Kier molecular flexibility index (Phi) is 15.1. The van der Waals surface area contributed by atoms with Gasteiger partial charge in [-0.1, -0.05) is 161 Å². The number of hydrogen-bond acceptors (Lipinski definition) is 4. The Labute approximate surface area is 526 Å². The minimum atomic E-state index is -0.639. The molecule has 0 saturated heterocycles. The maximum Gasteiger partial charge on any atom is 0.213 e. The first-order valence-corrected chi connectivity index (χ1v) is 32.5. The number of ether oxygens (including phenoxy) is 1. The van der Waals surface area contributed by atoms with Crippen LogP contribution in [0, 0.1) is 29.6 Å². The first-order valence-electron chi connectivity index (χ1n) is 32.5. The number of aryl methyl sites for hydroxylation is 5. The molecule has 0 radical (unpaired) electrons. The third kappa shape index (κ3) is 9.59. The van der Waals surface area contributed by atoms with Crippen molar-refractivity contribution >= 4 is 17.5 Å². The highest BCUT2D eigenvalue weighted by atomic mass is 16.5. The van der Waals surface area contributed by atoms with Crippen LogP contribution in [-0.2, 0) is 46.9 Å². The maximum absolute atomic E-state index is 10.1. The van der Waals surface area contributed by atoms with Crippen LogP contribution in [-0.4, -0.2) is 13.1 Å². The Morgan fingerprint density at radius 3 is 1.89 bits per heavy atom. The highest BCUT2D eigenvalue weighted by molar-refractivity contribution is 5.87. The molecule has 438 valence electrons. The van der Waals surface area contributed by atoms with Crippen LogP contribution >= 0.6 is 0 Å². The quantitative estimate of drug-likeness (QED) is 0.0758. The van der Waals surface area contributed by atoms with E-state index < -0.39 is 5.41 Å². The van der Waals surface area contributed by atoms with E-state index >= 15 is 0 Å². The normalized spacial score (nSPS) is 18.3. The molecule has 0 amide bonds. The molecular formula is C83H77N5O+2. The number of rotatable bonds is 15. The summed E-state index contributed by atoms with van der Waals surface area (Å²) in [6, 6.07) is 72.5. The zero-order valence-corrected chi connectivity index (χ0v) is 52.1. The van der Waals surface area contributed by atoms with Gasteiger partial charge in [-0.15, -0.1) is 0 Å². The maximum atomic E-state index is 10.1. The predicted octanol–water partition coefficient (Wildman–Crippen LogP) is 18.2. The van der Waals surface area contributed by atoms with Crippen molar-refractivity contribution in [2.45, 2.75) is 122 Å². The molecule has 1 aliphatic carbocycles. The van der Waals surface area contributed by atoms with E-state index in [-0.39, 0.29) is 16.5 Å². The molecule has 0 N–H and O–H groups in total. The lowest BCUT2D eigenvalue weighted by atomic mass is 9.58. The van der Waals surface area contributed by atoms with E-state index in [9.17, 15) is 10.5 Å². The number of anilines is 1. The summed E-state index contributed by atoms with van der Waals surface area (Å²) in [5, 5.41) is 20.3. The fourth-order valence-electron chi connectivity index (χ4n) is 16.3. The number of nitriles is 2. The van der Waals surface area contributed by atoms with Crippen LogP contribution in [0.3, 0.4) is 0 Å². The third-order valence-electron chi connectivity index (χ3n) is 21.0. The van der Waals surface area contributed by atoms with Crippen LogP contribution in [0.1, 0.15) is 134 Å². The van der Waals surface area contributed by atoms with Gasteiger partial charge in [-0.05, 0) is 178 Å². The van der Waals surface area contributed by atoms with Crippen LogP contribution in [0.5, 0.6) is 0 Å². The van der Waals surface area contributed by atoms with Crippen molar-refractivity contribution in [3.8, 4) is 56.9 Å². The molecule has 89 heavy (non-hydrogen) atoms. The summed E-state index contributed by atoms with van der Waals surface area (Å²) in [4.78, 5) is 2.56. The van der Waals surface area contributed by atoms with Crippen LogP contribution in [0.2, 0.25) is 0 Å². The van der Waals surface area contributed by atoms with Crippen molar-refractivity contribution in [2.75, 3.05) is 18.0 Å². The van der Waals surface area contributed by atoms with E-state index in [0.29, 0.717) is 17.1 Å². The molecule has 9 aromatic rings. The number of benzene rings is 7. The Morgan fingerprint density at radius 1 is 0.607 bits per heavy atom. The predicted molar refractivity (Wildman–Crippen MR) is 360 cm³/mol. The molecule has 0 bridgehead atoms. The van der Waals surface area contributed by atoms with Crippen LogP contribution < -0.4 is 14.0 Å². The van der Waals surface area contributed by atoms with Gasteiger partial charge in [0.2, 0.25) is 11.4 Å². The van der Waals surface area contributed by atoms with Crippen LogP contribution in [0.25, 0.3) is 56.6 Å². The number of fused-ring (bicyclic) bond motifs is 6. The molecule has 0 spiro atoms. The van der Waals surface area contributed by atoms with Crippen LogP contribution in [0.4, 0.5) is 5.69 Å². The van der Waals surface area contributed by atoms with E-state index in [1.165, 1.54) is 115 Å². The minimum absolute atomic E-state index is 0.0436. The number of allylic oxidation sites excluding steroid dienone is 5. The highest BCUT2D eigenvalue weighted by Gasteiger charge is 2.59. The summed E-state index contributed by atoms with van der Waals surface area (Å²) in [6.45, 7) is 15.0. The van der Waals surface area contributed by atoms with Crippen molar-refractivity contribution in [3.05, 3.63) is 291 Å². The molecule has 6 nitrogen and oxygen atoms in total. The number of pyridine rings is 2. The van der Waals surface area contributed by atoms with Gasteiger partial charge >= 0.3 is 0 Å². The molecule has 5 aliphatic rings. The first-order chi connectivity index (χ1) is 43.6. The standard InChI is InChI=1S/C83H77N5O/c1-6-9-20-58-42-47-88-78(51-58)72-25-12-13-26-74(72)82(8-3,81(88,5)7-2)43-48-86-44-17-16-29-77(86)73-53-62(32-30-57(73)4)60-33-37-67(38-34-60)83(75-27-14-10-23-70(75)71-24-11-15-28-76(71)83)68-39-35-61(36-40-68)79-54-65(66(55-84)56-85)52-69(89-79)41-31-59-49-63-21-18-45-87-46-19-22-64(50-59)80(63)87/h10-17,23-42,44,47,49-54H,6-9,18-22,43,45-46,48H2,1-5H3/q+2. The molecule has 4 aliphatic heterocycles. The molecule has 2 unspecified atom stereocenters. The third-order valence-corrected chi connectivity index (χ3v) is 21.0. The lowest BCUT2D eigenvalue weighted by Gasteiger charge is -2.48. The van der Waals surface area contributed by atoms with E-state index in [2.05, 4.69) is 261 Å². The van der Waals surface area contributed by atoms with E-state index in [1.54, 1.807) is 0 Å². The van der Waals surface area contributed by atoms with Crippen molar-refractivity contribution in [1.29, 1.82) is 10.5 Å². The van der Waals surface area contributed by atoms with Crippen molar-refractivity contribution in [1.82, 2.24) is 0 Å². The number of hydrogen-bond donors (Lipinski definition) is 0. The van der Waals surface area contributed by atoms with Gasteiger partial charge in [-0.3, -0.25) is 0 Å². The Hall–Kier alpha value is -9.62. The summed E-state index contributed by atoms with van der Waals surface area (Å²) in [7, 11) is 0. The smallest absolute Gasteiger partial charge is 0.213 e. The largest absolute Gasteiger partial charge is 0.457 e. The van der Waals surface area contributed by atoms with Gasteiger partial charge < -0.3 is 9.64 Å². The van der Waals surface area contributed by atoms with Crippen LogP contribution in [0.15, 0.2) is 230 Å². The molecule has 0 fully saturated rings. The SMILES string of the molecule is CCCCc1cc[n+]2c(c1)-c1ccccc1C(CC)(CC[n+]1ccccc1-c1cc(-c3ccc(C4(c5ccc(C6=CC(=C(C#N)C#N)C=C(C=Cc7cc8c9c(c7)CCCN9CCC8)O6)cc5)c5ccccc5-c5ccccc54)cc3)ccc1C)C2(C)CC. The summed E-state index contributed by atoms with van der Waals surface area (Å²) >= 11 is 0. The van der Waals surface area contributed by atoms with Crippen molar-refractivity contribution in [2.24, 2.45) is 0 Å². The second-order valence-electron chi connectivity index (χ2n) is 25.5. The topological polar surface area (TPSA) is 67.8 Å². The fraction of sp³-hybridized carbons (Fsp3) is 0.253. The molecule has 6 heterocycles. The van der Waals surface area contributed by atoms with E-state index in [4.69, 9.17) is 4.74 Å². The van der Waals surface area contributed by atoms with Gasteiger partial charge in [-0.2, -0.15) is 19.7 Å². The molecule has 0 saturated carbocycles. The molecule has 6 heteroatoms. The zero-order chi connectivity index (χ0) is 60.9. The number of nitrogens with zero attached hydrogens (tertiary/aromatic N) is 5. The molecule has 2 aromatic heterocycles. The second kappa shape index (κ2) is 23.5. The van der Waals surface area contributed by atoms with Gasteiger partial charge in [-0.25, -0.2) is 0 Å². The van der Waals surface area contributed by atoms with Gasteiger partial charge in [0.05, 0.1) is 16.4 Å².